The van der Waals surface area contributed by atoms with Crippen molar-refractivity contribution in [3.63, 3.8) is 0 Å². The molecule has 2 aromatic rings. The molecule has 1 aliphatic rings. The standard InChI is InChI=1S/C16H15NO3/c18-15-7-3-5-10-11(15)8-9-14(10)17-13-6-2-1-4-12(13)16(19)20/h1-7,14,17-18H,8-9H2,(H,19,20). The van der Waals surface area contributed by atoms with Gasteiger partial charge in [0.1, 0.15) is 5.75 Å². The van der Waals surface area contributed by atoms with Gasteiger partial charge in [-0.2, -0.15) is 0 Å². The SMILES string of the molecule is O=C(O)c1ccccc1NC1CCc2c(O)cccc21. The maximum atomic E-state index is 11.2. The number of rotatable bonds is 3. The molecule has 1 atom stereocenters. The summed E-state index contributed by atoms with van der Waals surface area (Å²) in [6.07, 6.45) is 1.65. The number of anilines is 1. The zero-order chi connectivity index (χ0) is 14.1. The van der Waals surface area contributed by atoms with E-state index >= 15 is 0 Å². The highest BCUT2D eigenvalue weighted by atomic mass is 16.4. The molecule has 0 fully saturated rings. The van der Waals surface area contributed by atoms with Gasteiger partial charge in [0.25, 0.3) is 0 Å². The van der Waals surface area contributed by atoms with E-state index in [1.54, 1.807) is 24.3 Å². The van der Waals surface area contributed by atoms with Crippen molar-refractivity contribution in [3.05, 3.63) is 59.2 Å². The molecule has 20 heavy (non-hydrogen) atoms. The van der Waals surface area contributed by atoms with Gasteiger partial charge in [-0.25, -0.2) is 4.79 Å². The number of benzene rings is 2. The molecule has 1 unspecified atom stereocenters. The Morgan fingerprint density at radius 1 is 1.15 bits per heavy atom. The van der Waals surface area contributed by atoms with Crippen LogP contribution in [0.4, 0.5) is 5.69 Å². The van der Waals surface area contributed by atoms with Crippen molar-refractivity contribution in [3.8, 4) is 5.75 Å². The quantitative estimate of drug-likeness (QED) is 0.800. The maximum absolute atomic E-state index is 11.2. The van der Waals surface area contributed by atoms with Crippen molar-refractivity contribution in [2.75, 3.05) is 5.32 Å². The number of carboxylic acids is 1. The van der Waals surface area contributed by atoms with Gasteiger partial charge in [-0.1, -0.05) is 24.3 Å². The summed E-state index contributed by atoms with van der Waals surface area (Å²) in [5.41, 5.74) is 2.88. The summed E-state index contributed by atoms with van der Waals surface area (Å²) in [4.78, 5) is 11.2. The highest BCUT2D eigenvalue weighted by Crippen LogP contribution is 2.38. The number of phenols is 1. The molecule has 0 bridgehead atoms. The predicted molar refractivity (Wildman–Crippen MR) is 76.2 cm³/mol. The Hall–Kier alpha value is -2.49. The second kappa shape index (κ2) is 4.89. The number of hydrogen-bond acceptors (Lipinski definition) is 3. The summed E-state index contributed by atoms with van der Waals surface area (Å²) < 4.78 is 0. The maximum Gasteiger partial charge on any atom is 0.337 e. The summed E-state index contributed by atoms with van der Waals surface area (Å²) in [7, 11) is 0. The summed E-state index contributed by atoms with van der Waals surface area (Å²) in [6, 6.07) is 12.4. The lowest BCUT2D eigenvalue weighted by atomic mass is 10.1. The predicted octanol–water partition coefficient (Wildman–Crippen LogP) is 3.19. The van der Waals surface area contributed by atoms with Crippen LogP contribution in [0.2, 0.25) is 0 Å². The first-order valence-corrected chi connectivity index (χ1v) is 6.56. The fraction of sp³-hybridized carbons (Fsp3) is 0.188. The summed E-state index contributed by atoms with van der Waals surface area (Å²) in [5.74, 6) is -0.624. The number of nitrogens with one attached hydrogen (secondary N) is 1. The van der Waals surface area contributed by atoms with Gasteiger partial charge >= 0.3 is 5.97 Å². The van der Waals surface area contributed by atoms with Gasteiger partial charge in [-0.15, -0.1) is 0 Å². The Morgan fingerprint density at radius 3 is 2.75 bits per heavy atom. The molecule has 0 saturated heterocycles. The highest BCUT2D eigenvalue weighted by molar-refractivity contribution is 5.94. The number of carboxylic acid groups (broad SMARTS) is 1. The van der Waals surface area contributed by atoms with Crippen LogP contribution in [-0.2, 0) is 6.42 Å². The van der Waals surface area contributed by atoms with E-state index in [2.05, 4.69) is 5.32 Å². The largest absolute Gasteiger partial charge is 0.508 e. The van der Waals surface area contributed by atoms with Crippen LogP contribution in [0.1, 0.15) is 33.9 Å². The molecule has 3 rings (SSSR count). The summed E-state index contributed by atoms with van der Waals surface area (Å²) in [6.45, 7) is 0. The van der Waals surface area contributed by atoms with E-state index in [9.17, 15) is 15.0 Å². The van der Waals surface area contributed by atoms with Crippen LogP contribution in [0.25, 0.3) is 0 Å². The van der Waals surface area contributed by atoms with E-state index in [0.717, 1.165) is 24.0 Å². The fourth-order valence-corrected chi connectivity index (χ4v) is 2.77. The van der Waals surface area contributed by atoms with E-state index in [0.29, 0.717) is 11.4 Å². The third-order valence-corrected chi connectivity index (χ3v) is 3.73. The minimum absolute atomic E-state index is 0.0394. The third kappa shape index (κ3) is 2.09. The second-order valence-electron chi connectivity index (χ2n) is 4.93. The van der Waals surface area contributed by atoms with Gasteiger partial charge in [0, 0.05) is 5.69 Å². The zero-order valence-corrected chi connectivity index (χ0v) is 10.8. The second-order valence-corrected chi connectivity index (χ2v) is 4.93. The average molecular weight is 269 g/mol. The Bertz CT molecular complexity index is 667. The van der Waals surface area contributed by atoms with E-state index in [4.69, 9.17) is 0 Å². The first-order valence-electron chi connectivity index (χ1n) is 6.56. The van der Waals surface area contributed by atoms with Crippen LogP contribution < -0.4 is 5.32 Å². The number of phenolic OH excluding ortho intramolecular Hbond substituents is 1. The molecule has 0 amide bonds. The molecule has 3 N–H and O–H groups in total. The molecule has 2 aromatic carbocycles. The molecule has 0 aromatic heterocycles. The average Bonchev–Trinajstić information content (AvgIpc) is 2.84. The van der Waals surface area contributed by atoms with E-state index < -0.39 is 5.97 Å². The smallest absolute Gasteiger partial charge is 0.337 e. The molecule has 0 saturated carbocycles. The number of aromatic hydroxyl groups is 1. The number of para-hydroxylation sites is 1. The van der Waals surface area contributed by atoms with Crippen molar-refractivity contribution in [2.45, 2.75) is 18.9 Å². The van der Waals surface area contributed by atoms with Gasteiger partial charge in [0.15, 0.2) is 0 Å². The Labute approximate surface area is 116 Å². The van der Waals surface area contributed by atoms with E-state index in [-0.39, 0.29) is 11.6 Å². The minimum atomic E-state index is -0.942. The Balaban J connectivity index is 1.92. The van der Waals surface area contributed by atoms with Gasteiger partial charge in [0.2, 0.25) is 0 Å². The number of hydrogen-bond donors (Lipinski definition) is 3. The molecule has 0 radical (unpaired) electrons. The number of carbonyl (C=O) groups is 1. The van der Waals surface area contributed by atoms with Crippen LogP contribution >= 0.6 is 0 Å². The summed E-state index contributed by atoms with van der Waals surface area (Å²) >= 11 is 0. The third-order valence-electron chi connectivity index (χ3n) is 3.73. The fourth-order valence-electron chi connectivity index (χ4n) is 2.77. The lowest BCUT2D eigenvalue weighted by Crippen LogP contribution is -2.11. The molecule has 0 heterocycles. The van der Waals surface area contributed by atoms with E-state index in [1.165, 1.54) is 0 Å². The first kappa shape index (κ1) is 12.5. The molecule has 0 aliphatic heterocycles. The van der Waals surface area contributed by atoms with Crippen LogP contribution in [-0.4, -0.2) is 16.2 Å². The summed E-state index contributed by atoms with van der Waals surface area (Å²) in [5, 5.41) is 22.3. The molecule has 4 nitrogen and oxygen atoms in total. The topological polar surface area (TPSA) is 69.6 Å². The van der Waals surface area contributed by atoms with Crippen molar-refractivity contribution in [1.29, 1.82) is 0 Å². The minimum Gasteiger partial charge on any atom is -0.508 e. The normalized spacial score (nSPS) is 16.7. The van der Waals surface area contributed by atoms with Gasteiger partial charge in [-0.3, -0.25) is 0 Å². The van der Waals surface area contributed by atoms with Crippen molar-refractivity contribution < 1.29 is 15.0 Å². The van der Waals surface area contributed by atoms with Gasteiger partial charge < -0.3 is 15.5 Å². The van der Waals surface area contributed by atoms with Crippen molar-refractivity contribution in [1.82, 2.24) is 0 Å². The van der Waals surface area contributed by atoms with Gasteiger partial charge in [-0.05, 0) is 42.2 Å². The lowest BCUT2D eigenvalue weighted by molar-refractivity contribution is 0.0698. The zero-order valence-electron chi connectivity index (χ0n) is 10.8. The van der Waals surface area contributed by atoms with Crippen LogP contribution in [0, 0.1) is 0 Å². The Kier molecular flexibility index (Phi) is 3.06. The lowest BCUT2D eigenvalue weighted by Gasteiger charge is -2.17. The number of aromatic carboxylic acids is 1. The number of fused-ring (bicyclic) bond motifs is 1. The van der Waals surface area contributed by atoms with Crippen LogP contribution in [0.5, 0.6) is 5.75 Å². The molecule has 102 valence electrons. The van der Waals surface area contributed by atoms with Crippen LogP contribution in [0.3, 0.4) is 0 Å². The first-order chi connectivity index (χ1) is 9.66. The van der Waals surface area contributed by atoms with Crippen LogP contribution in [0.15, 0.2) is 42.5 Å². The molecular weight excluding hydrogens is 254 g/mol. The van der Waals surface area contributed by atoms with Gasteiger partial charge in [0.05, 0.1) is 11.6 Å². The highest BCUT2D eigenvalue weighted by Gasteiger charge is 2.25. The van der Waals surface area contributed by atoms with E-state index in [1.807, 2.05) is 18.2 Å². The molecule has 1 aliphatic carbocycles. The van der Waals surface area contributed by atoms with Crippen molar-refractivity contribution in [2.24, 2.45) is 0 Å². The van der Waals surface area contributed by atoms with Crippen molar-refractivity contribution >= 4 is 11.7 Å². The molecule has 0 spiro atoms. The Morgan fingerprint density at radius 2 is 1.95 bits per heavy atom. The molecular formula is C16H15NO3. The monoisotopic (exact) mass is 269 g/mol. The molecule has 4 heteroatoms.